The number of carbonyl (C=O) groups excluding carboxylic acids is 1. The second-order valence-electron chi connectivity index (χ2n) is 8.33. The van der Waals surface area contributed by atoms with Crippen LogP contribution in [0.3, 0.4) is 0 Å². The van der Waals surface area contributed by atoms with Crippen molar-refractivity contribution in [3.63, 3.8) is 0 Å². The van der Waals surface area contributed by atoms with Crippen LogP contribution in [0, 0.1) is 6.92 Å². The molecule has 3 rings (SSSR count). The van der Waals surface area contributed by atoms with Crippen LogP contribution in [0.5, 0.6) is 0 Å². The average Bonchev–Trinajstić information content (AvgIpc) is 3.02. The molecular weight excluding hydrogens is 452 g/mol. The number of H-pyrrole nitrogens is 1. The van der Waals surface area contributed by atoms with Crippen molar-refractivity contribution < 1.29 is 22.7 Å². The second kappa shape index (κ2) is 8.36. The Labute approximate surface area is 187 Å². The largest absolute Gasteiger partial charge is 0.460 e. The van der Waals surface area contributed by atoms with Gasteiger partial charge in [0.1, 0.15) is 10.8 Å². The molecule has 4 nitrogen and oxygen atoms in total. The van der Waals surface area contributed by atoms with Gasteiger partial charge in [0, 0.05) is 40.8 Å². The molecule has 1 aromatic carbocycles. The standard InChI is InChI=1S/C22H21Cl2F3N2O2/c1-11-5-14(22(25,26)27)8-16-18(11)12(9-28-16)6-15-19(23)13(10-29-20(15)24)7-17(30)31-21(2,3)4/h5,8-10,28H,6-7H2,1-4H3. The number of aromatic nitrogens is 2. The number of benzene rings is 1. The summed E-state index contributed by atoms with van der Waals surface area (Å²) in [5.41, 5.74) is 1.17. The maximum absolute atomic E-state index is 13.1. The first-order valence-corrected chi connectivity index (χ1v) is 10.2. The van der Waals surface area contributed by atoms with Crippen LogP contribution in [0.1, 0.15) is 48.6 Å². The van der Waals surface area contributed by atoms with Crippen LogP contribution < -0.4 is 0 Å². The topological polar surface area (TPSA) is 55.0 Å². The van der Waals surface area contributed by atoms with Gasteiger partial charge in [-0.05, 0) is 51.0 Å². The summed E-state index contributed by atoms with van der Waals surface area (Å²) in [7, 11) is 0. The molecule has 0 atom stereocenters. The summed E-state index contributed by atoms with van der Waals surface area (Å²) in [4.78, 5) is 19.2. The molecule has 3 aromatic rings. The Kier molecular flexibility index (Phi) is 6.31. The normalized spacial score (nSPS) is 12.4. The number of nitrogens with zero attached hydrogens (tertiary/aromatic N) is 1. The summed E-state index contributed by atoms with van der Waals surface area (Å²) >= 11 is 12.8. The summed E-state index contributed by atoms with van der Waals surface area (Å²) < 4.78 is 44.7. The van der Waals surface area contributed by atoms with Gasteiger partial charge in [-0.25, -0.2) is 4.98 Å². The third-order valence-corrected chi connectivity index (χ3v) is 5.43. The van der Waals surface area contributed by atoms with Gasteiger partial charge < -0.3 is 9.72 Å². The molecule has 0 saturated heterocycles. The molecule has 0 saturated carbocycles. The molecule has 0 spiro atoms. The fourth-order valence-corrected chi connectivity index (χ4v) is 3.95. The molecule has 9 heteroatoms. The highest BCUT2D eigenvalue weighted by atomic mass is 35.5. The number of hydrogen-bond acceptors (Lipinski definition) is 3. The van der Waals surface area contributed by atoms with Crippen molar-refractivity contribution in [1.29, 1.82) is 0 Å². The van der Waals surface area contributed by atoms with Gasteiger partial charge in [-0.3, -0.25) is 4.79 Å². The lowest BCUT2D eigenvalue weighted by Crippen LogP contribution is -2.25. The number of esters is 1. The summed E-state index contributed by atoms with van der Waals surface area (Å²) in [6.45, 7) is 6.92. The first kappa shape index (κ1) is 23.4. The van der Waals surface area contributed by atoms with Crippen LogP contribution in [0.4, 0.5) is 13.2 Å². The van der Waals surface area contributed by atoms with E-state index in [1.807, 2.05) is 0 Å². The van der Waals surface area contributed by atoms with Gasteiger partial charge in [-0.15, -0.1) is 0 Å². The Morgan fingerprint density at radius 2 is 1.84 bits per heavy atom. The average molecular weight is 473 g/mol. The number of carbonyl (C=O) groups is 1. The molecule has 0 aliphatic rings. The minimum atomic E-state index is -4.43. The van der Waals surface area contributed by atoms with Crippen molar-refractivity contribution >= 4 is 40.1 Å². The van der Waals surface area contributed by atoms with Gasteiger partial charge in [-0.2, -0.15) is 13.2 Å². The van der Waals surface area contributed by atoms with Crippen molar-refractivity contribution in [2.24, 2.45) is 0 Å². The highest BCUT2D eigenvalue weighted by molar-refractivity contribution is 6.36. The lowest BCUT2D eigenvalue weighted by molar-refractivity contribution is -0.153. The molecule has 0 bridgehead atoms. The molecule has 2 aromatic heterocycles. The van der Waals surface area contributed by atoms with Crippen LogP contribution in [-0.2, 0) is 28.5 Å². The molecule has 1 N–H and O–H groups in total. The van der Waals surface area contributed by atoms with Crippen LogP contribution in [0.2, 0.25) is 10.2 Å². The number of pyridine rings is 1. The predicted molar refractivity (Wildman–Crippen MR) is 115 cm³/mol. The van der Waals surface area contributed by atoms with E-state index in [9.17, 15) is 18.0 Å². The number of hydrogen-bond donors (Lipinski definition) is 1. The number of alkyl halides is 3. The number of aromatic amines is 1. The van der Waals surface area contributed by atoms with E-state index >= 15 is 0 Å². The zero-order valence-electron chi connectivity index (χ0n) is 17.4. The van der Waals surface area contributed by atoms with Crippen molar-refractivity contribution in [2.75, 3.05) is 0 Å². The van der Waals surface area contributed by atoms with Crippen molar-refractivity contribution in [2.45, 2.75) is 52.3 Å². The number of ether oxygens (including phenoxy) is 1. The highest BCUT2D eigenvalue weighted by Gasteiger charge is 2.31. The van der Waals surface area contributed by atoms with E-state index in [1.54, 1.807) is 33.9 Å². The molecule has 0 radical (unpaired) electrons. The maximum Gasteiger partial charge on any atom is 0.416 e. The highest BCUT2D eigenvalue weighted by Crippen LogP contribution is 2.36. The smallest absolute Gasteiger partial charge is 0.416 e. The van der Waals surface area contributed by atoms with Crippen LogP contribution in [0.15, 0.2) is 24.5 Å². The van der Waals surface area contributed by atoms with E-state index in [-0.39, 0.29) is 23.0 Å². The number of nitrogens with one attached hydrogen (secondary N) is 1. The van der Waals surface area contributed by atoms with Crippen molar-refractivity contribution in [3.05, 3.63) is 62.5 Å². The van der Waals surface area contributed by atoms with E-state index in [0.717, 1.165) is 17.7 Å². The minimum Gasteiger partial charge on any atom is -0.460 e. The third kappa shape index (κ3) is 5.33. The first-order chi connectivity index (χ1) is 14.3. The monoisotopic (exact) mass is 472 g/mol. The Hall–Kier alpha value is -2.25. The summed E-state index contributed by atoms with van der Waals surface area (Å²) in [6.07, 6.45) is -1.22. The van der Waals surface area contributed by atoms with Gasteiger partial charge in [0.2, 0.25) is 0 Å². The van der Waals surface area contributed by atoms with Gasteiger partial charge in [0.05, 0.1) is 17.0 Å². The Morgan fingerprint density at radius 3 is 2.45 bits per heavy atom. The zero-order valence-corrected chi connectivity index (χ0v) is 18.9. The van der Waals surface area contributed by atoms with Crippen molar-refractivity contribution in [3.8, 4) is 0 Å². The van der Waals surface area contributed by atoms with Crippen LogP contribution in [0.25, 0.3) is 10.9 Å². The Morgan fingerprint density at radius 1 is 1.16 bits per heavy atom. The summed E-state index contributed by atoms with van der Waals surface area (Å²) in [5.74, 6) is -0.452. The number of aryl methyl sites for hydroxylation is 1. The predicted octanol–water partition coefficient (Wildman–Crippen LogP) is 6.67. The fourth-order valence-electron chi connectivity index (χ4n) is 3.42. The molecule has 2 heterocycles. The second-order valence-corrected chi connectivity index (χ2v) is 9.07. The first-order valence-electron chi connectivity index (χ1n) is 9.47. The lowest BCUT2D eigenvalue weighted by atomic mass is 9.99. The van der Waals surface area contributed by atoms with Crippen LogP contribution >= 0.6 is 23.2 Å². The quantitative estimate of drug-likeness (QED) is 0.340. The van der Waals surface area contributed by atoms with Gasteiger partial charge in [0.15, 0.2) is 0 Å². The van der Waals surface area contributed by atoms with E-state index in [2.05, 4.69) is 9.97 Å². The van der Waals surface area contributed by atoms with Crippen LogP contribution in [-0.4, -0.2) is 21.5 Å². The van der Waals surface area contributed by atoms with E-state index in [0.29, 0.717) is 27.6 Å². The number of fused-ring (bicyclic) bond motifs is 1. The molecule has 0 fully saturated rings. The van der Waals surface area contributed by atoms with Gasteiger partial charge >= 0.3 is 12.1 Å². The third-order valence-electron chi connectivity index (χ3n) is 4.64. The molecule has 0 amide bonds. The fraction of sp³-hybridized carbons (Fsp3) is 0.364. The number of halogens is 5. The van der Waals surface area contributed by atoms with E-state index < -0.39 is 23.3 Å². The zero-order chi connectivity index (χ0) is 23.1. The molecule has 31 heavy (non-hydrogen) atoms. The SMILES string of the molecule is Cc1cc(C(F)(F)F)cc2[nH]cc(Cc3c(Cl)ncc(CC(=O)OC(C)(C)C)c3Cl)c12. The molecule has 166 valence electrons. The van der Waals surface area contributed by atoms with Gasteiger partial charge in [-0.1, -0.05) is 23.2 Å². The maximum atomic E-state index is 13.1. The Bertz CT molecular complexity index is 1150. The molecular formula is C22H21Cl2F3N2O2. The summed E-state index contributed by atoms with van der Waals surface area (Å²) in [6, 6.07) is 2.19. The summed E-state index contributed by atoms with van der Waals surface area (Å²) in [5, 5.41) is 1.11. The number of rotatable bonds is 4. The van der Waals surface area contributed by atoms with Crippen molar-refractivity contribution in [1.82, 2.24) is 9.97 Å². The molecule has 0 aliphatic heterocycles. The van der Waals surface area contributed by atoms with E-state index in [4.69, 9.17) is 27.9 Å². The Balaban J connectivity index is 1.96. The molecule has 0 aliphatic carbocycles. The molecule has 0 unspecified atom stereocenters. The van der Waals surface area contributed by atoms with E-state index in [1.165, 1.54) is 6.20 Å². The lowest BCUT2D eigenvalue weighted by Gasteiger charge is -2.20. The van der Waals surface area contributed by atoms with Gasteiger partial charge in [0.25, 0.3) is 0 Å². The minimum absolute atomic E-state index is 0.0743.